The van der Waals surface area contributed by atoms with Gasteiger partial charge in [0.15, 0.2) is 0 Å². The Morgan fingerprint density at radius 3 is 2.92 bits per heavy atom. The maximum absolute atomic E-state index is 4.18. The van der Waals surface area contributed by atoms with Gasteiger partial charge in [-0.2, -0.15) is 0 Å². The maximum atomic E-state index is 4.18. The number of rotatable bonds is 2. The zero-order valence-corrected chi connectivity index (χ0v) is 9.05. The number of thiazole rings is 1. The van der Waals surface area contributed by atoms with Crippen molar-refractivity contribution in [1.29, 1.82) is 0 Å². The lowest BCUT2D eigenvalue weighted by molar-refractivity contribution is 1.00. The first-order chi connectivity index (χ1) is 6.34. The predicted molar refractivity (Wildman–Crippen MR) is 54.7 cm³/mol. The van der Waals surface area contributed by atoms with Gasteiger partial charge in [0, 0.05) is 18.0 Å². The minimum absolute atomic E-state index is 0.777. The Bertz CT molecular complexity index is 388. The standard InChI is InChI=1S/C8H6BrN3S/c9-7-3-6(11-5-12-7)4-8-10-1-2-13-8/h1-3,5H,4H2. The molecule has 66 valence electrons. The monoisotopic (exact) mass is 255 g/mol. The fraction of sp³-hybridized carbons (Fsp3) is 0.125. The van der Waals surface area contributed by atoms with Gasteiger partial charge in [0.1, 0.15) is 10.9 Å². The average Bonchev–Trinajstić information content (AvgIpc) is 2.57. The zero-order valence-electron chi connectivity index (χ0n) is 6.64. The second-order valence-corrected chi connectivity index (χ2v) is 4.23. The molecule has 0 saturated heterocycles. The third kappa shape index (κ3) is 2.32. The molecule has 2 aromatic rings. The van der Waals surface area contributed by atoms with Crippen LogP contribution in [0.1, 0.15) is 10.7 Å². The molecule has 5 heteroatoms. The Morgan fingerprint density at radius 2 is 2.23 bits per heavy atom. The van der Waals surface area contributed by atoms with Crippen molar-refractivity contribution in [3.8, 4) is 0 Å². The first-order valence-corrected chi connectivity index (χ1v) is 5.36. The van der Waals surface area contributed by atoms with Crippen LogP contribution in [-0.4, -0.2) is 15.0 Å². The van der Waals surface area contributed by atoms with Gasteiger partial charge in [-0.25, -0.2) is 15.0 Å². The smallest absolute Gasteiger partial charge is 0.116 e. The van der Waals surface area contributed by atoms with Gasteiger partial charge in [-0.05, 0) is 22.0 Å². The van der Waals surface area contributed by atoms with E-state index in [9.17, 15) is 0 Å². The lowest BCUT2D eigenvalue weighted by atomic mass is 10.3. The van der Waals surface area contributed by atoms with Crippen molar-refractivity contribution in [1.82, 2.24) is 15.0 Å². The summed E-state index contributed by atoms with van der Waals surface area (Å²) in [7, 11) is 0. The highest BCUT2D eigenvalue weighted by Gasteiger charge is 2.00. The summed E-state index contributed by atoms with van der Waals surface area (Å²) >= 11 is 4.93. The van der Waals surface area contributed by atoms with E-state index in [-0.39, 0.29) is 0 Å². The van der Waals surface area contributed by atoms with Crippen LogP contribution in [0.15, 0.2) is 28.6 Å². The van der Waals surface area contributed by atoms with Crippen LogP contribution >= 0.6 is 27.3 Å². The Kier molecular flexibility index (Phi) is 2.65. The second-order valence-electron chi connectivity index (χ2n) is 2.43. The van der Waals surface area contributed by atoms with Crippen molar-refractivity contribution in [2.45, 2.75) is 6.42 Å². The Balaban J connectivity index is 2.19. The summed E-state index contributed by atoms with van der Waals surface area (Å²) < 4.78 is 0.814. The first-order valence-electron chi connectivity index (χ1n) is 3.69. The molecular formula is C8H6BrN3S. The van der Waals surface area contributed by atoms with Gasteiger partial charge in [-0.3, -0.25) is 0 Å². The van der Waals surface area contributed by atoms with E-state index in [4.69, 9.17) is 0 Å². The molecule has 13 heavy (non-hydrogen) atoms. The van der Waals surface area contributed by atoms with E-state index >= 15 is 0 Å². The molecule has 2 aromatic heterocycles. The molecule has 0 saturated carbocycles. The van der Waals surface area contributed by atoms with Crippen LogP contribution in [-0.2, 0) is 6.42 Å². The quantitative estimate of drug-likeness (QED) is 0.774. The van der Waals surface area contributed by atoms with E-state index in [1.165, 1.54) is 0 Å². The summed E-state index contributed by atoms with van der Waals surface area (Å²) in [6.07, 6.45) is 4.13. The largest absolute Gasteiger partial charge is 0.249 e. The minimum Gasteiger partial charge on any atom is -0.249 e. The molecule has 0 aromatic carbocycles. The fourth-order valence-corrected chi connectivity index (χ4v) is 1.95. The lowest BCUT2D eigenvalue weighted by Gasteiger charge is -1.96. The summed E-state index contributed by atoms with van der Waals surface area (Å²) in [4.78, 5) is 12.3. The topological polar surface area (TPSA) is 38.7 Å². The van der Waals surface area contributed by atoms with Crippen LogP contribution in [0.4, 0.5) is 0 Å². The van der Waals surface area contributed by atoms with Crippen LogP contribution in [0, 0.1) is 0 Å². The zero-order chi connectivity index (χ0) is 9.10. The summed E-state index contributed by atoms with van der Waals surface area (Å²) in [5.74, 6) is 0. The molecule has 0 bridgehead atoms. The highest BCUT2D eigenvalue weighted by molar-refractivity contribution is 9.10. The molecule has 0 fully saturated rings. The van der Waals surface area contributed by atoms with E-state index in [2.05, 4.69) is 30.9 Å². The van der Waals surface area contributed by atoms with Crippen molar-refractivity contribution in [3.05, 3.63) is 39.3 Å². The third-order valence-electron chi connectivity index (χ3n) is 1.51. The molecule has 2 heterocycles. The summed E-state index contributed by atoms with van der Waals surface area (Å²) in [6.45, 7) is 0. The van der Waals surface area contributed by atoms with Crippen molar-refractivity contribution in [2.24, 2.45) is 0 Å². The predicted octanol–water partition coefficient (Wildman–Crippen LogP) is 2.29. The van der Waals surface area contributed by atoms with Gasteiger partial charge in [0.05, 0.1) is 10.7 Å². The van der Waals surface area contributed by atoms with Crippen molar-refractivity contribution < 1.29 is 0 Å². The number of hydrogen-bond acceptors (Lipinski definition) is 4. The molecule has 0 aliphatic heterocycles. The van der Waals surface area contributed by atoms with Crippen LogP contribution in [0.5, 0.6) is 0 Å². The average molecular weight is 256 g/mol. The second kappa shape index (κ2) is 3.93. The van der Waals surface area contributed by atoms with Crippen LogP contribution < -0.4 is 0 Å². The van der Waals surface area contributed by atoms with E-state index in [1.807, 2.05) is 11.4 Å². The normalized spacial score (nSPS) is 10.2. The van der Waals surface area contributed by atoms with Gasteiger partial charge in [-0.15, -0.1) is 11.3 Å². The van der Waals surface area contributed by atoms with Crippen LogP contribution in [0.25, 0.3) is 0 Å². The molecular weight excluding hydrogens is 250 g/mol. The number of hydrogen-bond donors (Lipinski definition) is 0. The summed E-state index contributed by atoms with van der Waals surface area (Å²) in [5.41, 5.74) is 0.983. The van der Waals surface area contributed by atoms with E-state index in [0.29, 0.717) is 0 Å². The van der Waals surface area contributed by atoms with Gasteiger partial charge >= 0.3 is 0 Å². The molecule has 0 aliphatic carbocycles. The molecule has 2 rings (SSSR count). The first kappa shape index (κ1) is 8.77. The molecule has 0 spiro atoms. The maximum Gasteiger partial charge on any atom is 0.116 e. The highest BCUT2D eigenvalue weighted by Crippen LogP contribution is 2.12. The number of aromatic nitrogens is 3. The molecule has 0 unspecified atom stereocenters. The Labute approximate surface area is 88.0 Å². The summed E-state index contributed by atoms with van der Waals surface area (Å²) in [6, 6.07) is 1.90. The molecule has 3 nitrogen and oxygen atoms in total. The van der Waals surface area contributed by atoms with E-state index in [0.717, 1.165) is 21.7 Å². The minimum atomic E-state index is 0.777. The Hall–Kier alpha value is -0.810. The van der Waals surface area contributed by atoms with Crippen LogP contribution in [0.3, 0.4) is 0 Å². The molecule has 0 amide bonds. The van der Waals surface area contributed by atoms with Crippen molar-refractivity contribution >= 4 is 27.3 Å². The lowest BCUT2D eigenvalue weighted by Crippen LogP contribution is -1.92. The third-order valence-corrected chi connectivity index (χ3v) is 2.72. The van der Waals surface area contributed by atoms with Crippen molar-refractivity contribution in [2.75, 3.05) is 0 Å². The van der Waals surface area contributed by atoms with E-state index in [1.54, 1.807) is 23.9 Å². The highest BCUT2D eigenvalue weighted by atomic mass is 79.9. The van der Waals surface area contributed by atoms with E-state index < -0.39 is 0 Å². The Morgan fingerprint density at radius 1 is 1.31 bits per heavy atom. The molecule has 0 N–H and O–H groups in total. The SMILES string of the molecule is Brc1cc(Cc2nccs2)ncn1. The van der Waals surface area contributed by atoms with Crippen LogP contribution in [0.2, 0.25) is 0 Å². The number of halogens is 1. The molecule has 0 aliphatic rings. The number of nitrogens with zero attached hydrogens (tertiary/aromatic N) is 3. The fourth-order valence-electron chi connectivity index (χ4n) is 0.962. The molecule has 0 radical (unpaired) electrons. The summed E-state index contributed by atoms with van der Waals surface area (Å²) in [5, 5.41) is 3.04. The van der Waals surface area contributed by atoms with Gasteiger partial charge in [0.25, 0.3) is 0 Å². The van der Waals surface area contributed by atoms with Gasteiger partial charge in [-0.1, -0.05) is 0 Å². The van der Waals surface area contributed by atoms with Crippen molar-refractivity contribution in [3.63, 3.8) is 0 Å². The molecule has 0 atom stereocenters. The van der Waals surface area contributed by atoms with Gasteiger partial charge < -0.3 is 0 Å². The van der Waals surface area contributed by atoms with Gasteiger partial charge in [0.2, 0.25) is 0 Å².